The van der Waals surface area contributed by atoms with Gasteiger partial charge >= 0.3 is 12.0 Å². The number of rotatable bonds is 5. The van der Waals surface area contributed by atoms with Crippen molar-refractivity contribution in [2.45, 2.75) is 13.1 Å². The van der Waals surface area contributed by atoms with Gasteiger partial charge in [-0.1, -0.05) is 0 Å². The van der Waals surface area contributed by atoms with Crippen LogP contribution in [0.15, 0.2) is 17.8 Å². The van der Waals surface area contributed by atoms with Crippen molar-refractivity contribution in [2.75, 3.05) is 0 Å². The zero-order valence-corrected chi connectivity index (χ0v) is 10.5. The number of urea groups is 1. The van der Waals surface area contributed by atoms with Crippen LogP contribution >= 0.6 is 11.3 Å². The molecule has 0 unspecified atom stereocenters. The summed E-state index contributed by atoms with van der Waals surface area (Å²) in [4.78, 5) is 25.9. The Labute approximate surface area is 111 Å². The summed E-state index contributed by atoms with van der Waals surface area (Å²) in [7, 11) is 0. The lowest BCUT2D eigenvalue weighted by molar-refractivity contribution is 0.0691. The topological polar surface area (TPSA) is 120 Å². The first-order chi connectivity index (χ1) is 9.15. The number of carbonyl (C=O) groups is 2. The van der Waals surface area contributed by atoms with Crippen LogP contribution in [0.4, 0.5) is 4.79 Å². The molecule has 0 saturated carbocycles. The molecule has 0 radical (unpaired) electrons. The standard InChI is InChI=1S/C10H11N5O3S/c16-9(17)7-5-19-8(15-7)4-12-10(18)11-1-6-2-13-14-3-6/h2-3,5H,1,4H2,(H,13,14)(H,16,17)(H2,11,12,18). The highest BCUT2D eigenvalue weighted by Crippen LogP contribution is 2.09. The highest BCUT2D eigenvalue weighted by Gasteiger charge is 2.09. The number of nitrogens with one attached hydrogen (secondary N) is 3. The van der Waals surface area contributed by atoms with Crippen LogP contribution in [-0.4, -0.2) is 32.3 Å². The van der Waals surface area contributed by atoms with Crippen LogP contribution in [0.3, 0.4) is 0 Å². The number of aromatic amines is 1. The molecular formula is C10H11N5O3S. The lowest BCUT2D eigenvalue weighted by Crippen LogP contribution is -2.34. The predicted octanol–water partition coefficient (Wildman–Crippen LogP) is 0.564. The minimum Gasteiger partial charge on any atom is -0.476 e. The van der Waals surface area contributed by atoms with E-state index < -0.39 is 5.97 Å². The molecule has 0 fully saturated rings. The number of thiazole rings is 1. The Hall–Kier alpha value is -2.42. The van der Waals surface area contributed by atoms with Crippen molar-refractivity contribution in [1.82, 2.24) is 25.8 Å². The Morgan fingerprint density at radius 2 is 2.16 bits per heavy atom. The van der Waals surface area contributed by atoms with Gasteiger partial charge in [0.05, 0.1) is 12.7 Å². The molecule has 0 saturated heterocycles. The van der Waals surface area contributed by atoms with E-state index in [0.29, 0.717) is 11.6 Å². The third-order valence-corrected chi connectivity index (χ3v) is 3.03. The van der Waals surface area contributed by atoms with Gasteiger partial charge in [-0.15, -0.1) is 11.3 Å². The number of carboxylic acid groups (broad SMARTS) is 1. The molecule has 0 aliphatic heterocycles. The fraction of sp³-hybridized carbons (Fsp3) is 0.200. The summed E-state index contributed by atoms with van der Waals surface area (Å²) in [5.74, 6) is -1.08. The summed E-state index contributed by atoms with van der Waals surface area (Å²) < 4.78 is 0. The first kappa shape index (κ1) is 13.0. The summed E-state index contributed by atoms with van der Waals surface area (Å²) in [5, 5.41) is 22.3. The quantitative estimate of drug-likeness (QED) is 0.638. The fourth-order valence-corrected chi connectivity index (χ4v) is 1.97. The largest absolute Gasteiger partial charge is 0.476 e. The molecule has 4 N–H and O–H groups in total. The summed E-state index contributed by atoms with van der Waals surface area (Å²) in [6.07, 6.45) is 3.29. The second-order valence-electron chi connectivity index (χ2n) is 3.57. The van der Waals surface area contributed by atoms with Gasteiger partial charge in [0.25, 0.3) is 0 Å². The maximum atomic E-state index is 11.5. The average Bonchev–Trinajstić information content (AvgIpc) is 3.05. The SMILES string of the molecule is O=C(NCc1cn[nH]c1)NCc1nc(C(=O)O)cs1. The van der Waals surface area contributed by atoms with Gasteiger partial charge in [-0.05, 0) is 0 Å². The maximum Gasteiger partial charge on any atom is 0.355 e. The minimum absolute atomic E-state index is 0.0133. The predicted molar refractivity (Wildman–Crippen MR) is 66.7 cm³/mol. The normalized spacial score (nSPS) is 10.1. The van der Waals surface area contributed by atoms with E-state index in [4.69, 9.17) is 5.11 Å². The number of aromatic nitrogens is 3. The third kappa shape index (κ3) is 3.78. The van der Waals surface area contributed by atoms with Crippen LogP contribution in [0.25, 0.3) is 0 Å². The smallest absolute Gasteiger partial charge is 0.355 e. The molecule has 0 aliphatic carbocycles. The Morgan fingerprint density at radius 3 is 2.79 bits per heavy atom. The van der Waals surface area contributed by atoms with Crippen LogP contribution in [0, 0.1) is 0 Å². The van der Waals surface area contributed by atoms with E-state index in [1.165, 1.54) is 16.7 Å². The zero-order chi connectivity index (χ0) is 13.7. The number of nitrogens with zero attached hydrogens (tertiary/aromatic N) is 2. The lowest BCUT2D eigenvalue weighted by Gasteiger charge is -2.04. The molecule has 2 amide bonds. The number of carboxylic acids is 1. The summed E-state index contributed by atoms with van der Waals surface area (Å²) in [5.41, 5.74) is 0.846. The number of carbonyl (C=O) groups excluding carboxylic acids is 1. The highest BCUT2D eigenvalue weighted by molar-refractivity contribution is 7.09. The molecular weight excluding hydrogens is 270 g/mol. The van der Waals surface area contributed by atoms with Crippen LogP contribution in [0.5, 0.6) is 0 Å². The molecule has 2 aromatic rings. The van der Waals surface area contributed by atoms with Crippen molar-refractivity contribution < 1.29 is 14.7 Å². The van der Waals surface area contributed by atoms with Gasteiger partial charge in [-0.3, -0.25) is 5.10 Å². The number of H-pyrrole nitrogens is 1. The Balaban J connectivity index is 1.75. The molecule has 0 aromatic carbocycles. The van der Waals surface area contributed by atoms with E-state index in [1.54, 1.807) is 12.4 Å². The number of hydrogen-bond acceptors (Lipinski definition) is 5. The van der Waals surface area contributed by atoms with Gasteiger partial charge in [-0.25, -0.2) is 14.6 Å². The Bertz CT molecular complexity index is 565. The molecule has 100 valence electrons. The van der Waals surface area contributed by atoms with Gasteiger partial charge in [0.2, 0.25) is 0 Å². The number of aromatic carboxylic acids is 1. The van der Waals surface area contributed by atoms with Crippen LogP contribution in [0.1, 0.15) is 21.1 Å². The Kier molecular flexibility index (Phi) is 4.08. The molecule has 0 atom stereocenters. The van der Waals surface area contributed by atoms with Crippen molar-refractivity contribution in [3.05, 3.63) is 34.0 Å². The molecule has 2 rings (SSSR count). The summed E-state index contributed by atoms with van der Waals surface area (Å²) >= 11 is 1.19. The number of hydrogen-bond donors (Lipinski definition) is 4. The van der Waals surface area contributed by atoms with E-state index in [2.05, 4.69) is 25.8 Å². The van der Waals surface area contributed by atoms with Gasteiger partial charge in [0.15, 0.2) is 5.69 Å². The summed E-state index contributed by atoms with van der Waals surface area (Å²) in [6, 6.07) is -0.353. The average molecular weight is 281 g/mol. The molecule has 0 bridgehead atoms. The fourth-order valence-electron chi connectivity index (χ4n) is 1.27. The van der Waals surface area contributed by atoms with E-state index in [9.17, 15) is 9.59 Å². The van der Waals surface area contributed by atoms with Gasteiger partial charge < -0.3 is 15.7 Å². The molecule has 19 heavy (non-hydrogen) atoms. The van der Waals surface area contributed by atoms with Gasteiger partial charge in [-0.2, -0.15) is 5.10 Å². The molecule has 2 aromatic heterocycles. The molecule has 0 aliphatic rings. The van der Waals surface area contributed by atoms with Gasteiger partial charge in [0.1, 0.15) is 5.01 Å². The monoisotopic (exact) mass is 281 g/mol. The molecule has 2 heterocycles. The highest BCUT2D eigenvalue weighted by atomic mass is 32.1. The first-order valence-corrected chi connectivity index (χ1v) is 6.20. The Morgan fingerprint density at radius 1 is 1.37 bits per heavy atom. The van der Waals surface area contributed by atoms with E-state index in [-0.39, 0.29) is 18.3 Å². The van der Waals surface area contributed by atoms with Crippen LogP contribution < -0.4 is 10.6 Å². The maximum absolute atomic E-state index is 11.5. The van der Waals surface area contributed by atoms with E-state index in [1.807, 2.05) is 0 Å². The van der Waals surface area contributed by atoms with Crippen molar-refractivity contribution >= 4 is 23.3 Å². The molecule has 9 heteroatoms. The van der Waals surface area contributed by atoms with Crippen LogP contribution in [-0.2, 0) is 13.1 Å². The van der Waals surface area contributed by atoms with Crippen molar-refractivity contribution in [3.8, 4) is 0 Å². The van der Waals surface area contributed by atoms with Gasteiger partial charge in [0, 0.05) is 23.7 Å². The van der Waals surface area contributed by atoms with Crippen molar-refractivity contribution in [1.29, 1.82) is 0 Å². The zero-order valence-electron chi connectivity index (χ0n) is 9.71. The van der Waals surface area contributed by atoms with E-state index >= 15 is 0 Å². The molecule has 8 nitrogen and oxygen atoms in total. The third-order valence-electron chi connectivity index (χ3n) is 2.18. The second-order valence-corrected chi connectivity index (χ2v) is 4.52. The molecule has 0 spiro atoms. The first-order valence-electron chi connectivity index (χ1n) is 5.32. The van der Waals surface area contributed by atoms with Crippen LogP contribution in [0.2, 0.25) is 0 Å². The second kappa shape index (κ2) is 5.96. The summed E-state index contributed by atoms with van der Waals surface area (Å²) in [6.45, 7) is 0.551. The minimum atomic E-state index is -1.08. The van der Waals surface area contributed by atoms with Crippen molar-refractivity contribution in [3.63, 3.8) is 0 Å². The number of amides is 2. The van der Waals surface area contributed by atoms with Crippen molar-refractivity contribution in [2.24, 2.45) is 0 Å². The lowest BCUT2D eigenvalue weighted by atomic mass is 10.4. The van der Waals surface area contributed by atoms with E-state index in [0.717, 1.165) is 5.56 Å².